The van der Waals surface area contributed by atoms with E-state index >= 15 is 0 Å². The van der Waals surface area contributed by atoms with Crippen LogP contribution in [0.4, 0.5) is 0 Å². The van der Waals surface area contributed by atoms with Crippen molar-refractivity contribution in [2.24, 2.45) is 0 Å². The van der Waals surface area contributed by atoms with Crippen LogP contribution in [0, 0.1) is 0 Å². The molecule has 3 heterocycles. The molecule has 3 aliphatic rings. The molecule has 158 valence electrons. The van der Waals surface area contributed by atoms with Gasteiger partial charge in [-0.3, -0.25) is 14.9 Å². The lowest BCUT2D eigenvalue weighted by Gasteiger charge is -2.39. The first-order valence-corrected chi connectivity index (χ1v) is 11.4. The van der Waals surface area contributed by atoms with E-state index in [0.717, 1.165) is 61.6 Å². The van der Waals surface area contributed by atoms with Crippen LogP contribution in [0.2, 0.25) is 0 Å². The Bertz CT molecular complexity index is 764. The first kappa shape index (κ1) is 20.3. The molecule has 1 aromatic rings. The van der Waals surface area contributed by atoms with Crippen molar-refractivity contribution in [2.75, 3.05) is 25.6 Å². The summed E-state index contributed by atoms with van der Waals surface area (Å²) in [5, 5.41) is 6.58. The zero-order valence-corrected chi connectivity index (χ0v) is 17.7. The van der Waals surface area contributed by atoms with Crippen LogP contribution in [-0.4, -0.2) is 53.3 Å². The van der Waals surface area contributed by atoms with Crippen molar-refractivity contribution < 1.29 is 19.1 Å². The lowest BCUT2D eigenvalue weighted by Crippen LogP contribution is -2.54. The van der Waals surface area contributed by atoms with Gasteiger partial charge in [-0.25, -0.2) is 0 Å². The zero-order valence-electron chi connectivity index (χ0n) is 16.9. The number of fused-ring (bicyclic) bond motifs is 1. The smallest absolute Gasteiger partial charge is 0.238 e. The number of hydrogen-bond donors (Lipinski definition) is 2. The predicted molar refractivity (Wildman–Crippen MR) is 112 cm³/mol. The molecule has 0 aromatic heterocycles. The van der Waals surface area contributed by atoms with Crippen LogP contribution in [0.25, 0.3) is 0 Å². The van der Waals surface area contributed by atoms with Crippen molar-refractivity contribution in [1.82, 2.24) is 15.5 Å². The monoisotopic (exact) mass is 419 g/mol. The molecule has 8 heteroatoms. The maximum absolute atomic E-state index is 12.7. The molecule has 0 bridgehead atoms. The number of rotatable bonds is 6. The Balaban J connectivity index is 1.24. The SMILES string of the molecule is CCCCC(=O)N1CCC2(CC1)NC(C(=O)NCc1ccc3c(c1)OCO3)CS2. The van der Waals surface area contributed by atoms with Crippen LogP contribution in [0.1, 0.15) is 44.6 Å². The lowest BCUT2D eigenvalue weighted by molar-refractivity contribution is -0.132. The molecule has 2 N–H and O–H groups in total. The Labute approximate surface area is 175 Å². The molecule has 29 heavy (non-hydrogen) atoms. The molecule has 1 unspecified atom stereocenters. The highest BCUT2D eigenvalue weighted by Crippen LogP contribution is 2.39. The normalized spacial score (nSPS) is 22.1. The number of nitrogens with one attached hydrogen (secondary N) is 2. The van der Waals surface area contributed by atoms with E-state index in [4.69, 9.17) is 9.47 Å². The van der Waals surface area contributed by atoms with Crippen LogP contribution in [0.3, 0.4) is 0 Å². The third-order valence-electron chi connectivity index (χ3n) is 5.85. The summed E-state index contributed by atoms with van der Waals surface area (Å²) in [5.41, 5.74) is 0.988. The second-order valence-corrected chi connectivity index (χ2v) is 9.30. The Morgan fingerprint density at radius 3 is 2.86 bits per heavy atom. The van der Waals surface area contributed by atoms with Gasteiger partial charge in [-0.15, -0.1) is 11.8 Å². The summed E-state index contributed by atoms with van der Waals surface area (Å²) < 4.78 is 10.7. The van der Waals surface area contributed by atoms with Gasteiger partial charge in [0.15, 0.2) is 11.5 Å². The van der Waals surface area contributed by atoms with Gasteiger partial charge in [-0.2, -0.15) is 0 Å². The van der Waals surface area contributed by atoms with Crippen molar-refractivity contribution >= 4 is 23.6 Å². The second kappa shape index (κ2) is 8.83. The Hall–Kier alpha value is -1.93. The first-order valence-electron chi connectivity index (χ1n) is 10.4. The van der Waals surface area contributed by atoms with E-state index in [1.807, 2.05) is 34.9 Å². The summed E-state index contributed by atoms with van der Waals surface area (Å²) in [6.07, 6.45) is 4.43. The fourth-order valence-corrected chi connectivity index (χ4v) is 5.46. The van der Waals surface area contributed by atoms with Gasteiger partial charge in [0.1, 0.15) is 0 Å². The summed E-state index contributed by atoms with van der Waals surface area (Å²) in [6, 6.07) is 5.53. The maximum atomic E-state index is 12.7. The number of carbonyl (C=O) groups is 2. The van der Waals surface area contributed by atoms with Gasteiger partial charge in [0.05, 0.1) is 10.9 Å². The predicted octanol–water partition coefficient (Wildman–Crippen LogP) is 2.25. The van der Waals surface area contributed by atoms with Crippen LogP contribution < -0.4 is 20.1 Å². The van der Waals surface area contributed by atoms with Crippen molar-refractivity contribution in [1.29, 1.82) is 0 Å². The third kappa shape index (κ3) is 4.64. The molecule has 0 radical (unpaired) electrons. The van der Waals surface area contributed by atoms with Gasteiger partial charge < -0.3 is 19.7 Å². The Morgan fingerprint density at radius 2 is 2.07 bits per heavy atom. The highest BCUT2D eigenvalue weighted by atomic mass is 32.2. The van der Waals surface area contributed by atoms with E-state index in [0.29, 0.717) is 13.0 Å². The number of amides is 2. The third-order valence-corrected chi connectivity index (χ3v) is 7.43. The largest absolute Gasteiger partial charge is 0.454 e. The first-order chi connectivity index (χ1) is 14.1. The molecular weight excluding hydrogens is 390 g/mol. The quantitative estimate of drug-likeness (QED) is 0.736. The number of unbranched alkanes of at least 4 members (excludes halogenated alkanes) is 1. The minimum absolute atomic E-state index is 0.0218. The Morgan fingerprint density at radius 1 is 1.28 bits per heavy atom. The molecule has 1 atom stereocenters. The van der Waals surface area contributed by atoms with Gasteiger partial charge in [0.2, 0.25) is 18.6 Å². The average molecular weight is 420 g/mol. The number of thioether (sulfide) groups is 1. The number of hydrogen-bond acceptors (Lipinski definition) is 6. The summed E-state index contributed by atoms with van der Waals surface area (Å²) in [5.74, 6) is 2.52. The summed E-state index contributed by atoms with van der Waals surface area (Å²) >= 11 is 1.83. The molecule has 1 aromatic carbocycles. The van der Waals surface area contributed by atoms with Crippen molar-refractivity contribution in [2.45, 2.75) is 56.5 Å². The van der Waals surface area contributed by atoms with E-state index < -0.39 is 0 Å². The fraction of sp³-hybridized carbons (Fsp3) is 0.619. The number of carbonyl (C=O) groups excluding carboxylic acids is 2. The number of nitrogens with zero attached hydrogens (tertiary/aromatic N) is 1. The molecule has 1 spiro atoms. The van der Waals surface area contributed by atoms with E-state index in [1.54, 1.807) is 0 Å². The van der Waals surface area contributed by atoms with Gasteiger partial charge in [-0.05, 0) is 37.0 Å². The van der Waals surface area contributed by atoms with Gasteiger partial charge in [0.25, 0.3) is 0 Å². The van der Waals surface area contributed by atoms with E-state index in [9.17, 15) is 9.59 Å². The van der Waals surface area contributed by atoms with Crippen LogP contribution in [-0.2, 0) is 16.1 Å². The molecule has 0 saturated carbocycles. The Kier molecular flexibility index (Phi) is 6.20. The number of benzene rings is 1. The standard InChI is InChI=1S/C21H29N3O4S/c1-2-3-4-19(25)24-9-7-21(8-10-24)23-16(13-29-21)20(26)22-12-15-5-6-17-18(11-15)28-14-27-17/h5-6,11,16,23H,2-4,7-10,12-14H2,1H3,(H,22,26). The van der Waals surface area contributed by atoms with Crippen LogP contribution in [0.5, 0.6) is 11.5 Å². The number of piperidine rings is 1. The van der Waals surface area contributed by atoms with Gasteiger partial charge in [0, 0.05) is 31.8 Å². The highest BCUT2D eigenvalue weighted by molar-refractivity contribution is 8.01. The van der Waals surface area contributed by atoms with E-state index in [-0.39, 0.29) is 29.5 Å². The van der Waals surface area contributed by atoms with E-state index in [2.05, 4.69) is 17.6 Å². The van der Waals surface area contributed by atoms with Gasteiger partial charge >= 0.3 is 0 Å². The fourth-order valence-electron chi connectivity index (χ4n) is 4.04. The average Bonchev–Trinajstić information content (AvgIpc) is 3.38. The molecule has 2 fully saturated rings. The van der Waals surface area contributed by atoms with Gasteiger partial charge in [-0.1, -0.05) is 19.4 Å². The molecule has 2 amide bonds. The van der Waals surface area contributed by atoms with E-state index in [1.165, 1.54) is 0 Å². The van der Waals surface area contributed by atoms with Crippen LogP contribution in [0.15, 0.2) is 18.2 Å². The van der Waals surface area contributed by atoms with Crippen molar-refractivity contribution in [3.05, 3.63) is 23.8 Å². The van der Waals surface area contributed by atoms with Crippen LogP contribution >= 0.6 is 11.8 Å². The lowest BCUT2D eigenvalue weighted by atomic mass is 10.0. The zero-order chi connectivity index (χ0) is 20.3. The minimum atomic E-state index is -0.198. The molecule has 7 nitrogen and oxygen atoms in total. The molecule has 3 aliphatic heterocycles. The maximum Gasteiger partial charge on any atom is 0.238 e. The molecule has 4 rings (SSSR count). The highest BCUT2D eigenvalue weighted by Gasteiger charge is 2.44. The molecular formula is C21H29N3O4S. The van der Waals surface area contributed by atoms with Crippen molar-refractivity contribution in [3.8, 4) is 11.5 Å². The van der Waals surface area contributed by atoms with Crippen molar-refractivity contribution in [3.63, 3.8) is 0 Å². The summed E-state index contributed by atoms with van der Waals surface area (Å²) in [6.45, 7) is 4.36. The molecule has 0 aliphatic carbocycles. The second-order valence-electron chi connectivity index (χ2n) is 7.89. The molecule has 2 saturated heterocycles. The summed E-state index contributed by atoms with van der Waals surface area (Å²) in [7, 11) is 0. The number of likely N-dealkylation sites (tertiary alicyclic amines) is 1. The minimum Gasteiger partial charge on any atom is -0.454 e. The topological polar surface area (TPSA) is 79.9 Å². The number of ether oxygens (including phenoxy) is 2. The summed E-state index contributed by atoms with van der Waals surface area (Å²) in [4.78, 5) is 26.8.